The molecule has 0 atom stereocenters. The highest BCUT2D eigenvalue weighted by atomic mass is 79.9. The minimum atomic E-state index is -0.503. The van der Waals surface area contributed by atoms with Crippen molar-refractivity contribution in [3.8, 4) is 5.75 Å². The normalized spacial score (nSPS) is 9.90. The number of hydrogen-bond donors (Lipinski definition) is 1. The summed E-state index contributed by atoms with van der Waals surface area (Å²) in [6.45, 7) is 5.32. The first-order valence-electron chi connectivity index (χ1n) is 5.90. The molecule has 0 spiro atoms. The molecule has 0 fully saturated rings. The van der Waals surface area contributed by atoms with E-state index in [2.05, 4.69) is 22.5 Å². The summed E-state index contributed by atoms with van der Waals surface area (Å²) < 4.78 is 10.3. The molecule has 0 radical (unpaired) electrons. The molecule has 0 aliphatic rings. The third kappa shape index (κ3) is 5.05. The van der Waals surface area contributed by atoms with Gasteiger partial charge in [-0.3, -0.25) is 0 Å². The second-order valence-corrected chi connectivity index (χ2v) is 4.93. The molecule has 0 saturated carbocycles. The molecule has 0 heterocycles. The molecule has 6 heteroatoms. The quantitative estimate of drug-likeness (QED) is 0.489. The molecule has 1 aromatic carbocycles. The Bertz CT molecular complexity index is 524. The fraction of sp³-hybridized carbons (Fsp3) is 0.286. The number of phenols is 1. The smallest absolute Gasteiger partial charge is 0.338 e. The summed E-state index contributed by atoms with van der Waals surface area (Å²) in [7, 11) is 0. The summed E-state index contributed by atoms with van der Waals surface area (Å²) in [6.07, 6.45) is 0.407. The standard InChI is InChI=1S/C14H15BrO5/c1-9(2)13(17)19-6-3-7-20-14(18)10-4-5-12(16)11(15)8-10/h4-5,8,16H,1,3,6-7H2,2H3. The molecule has 1 N–H and O–H groups in total. The summed E-state index contributed by atoms with van der Waals surface area (Å²) >= 11 is 3.11. The Hall–Kier alpha value is -1.82. The van der Waals surface area contributed by atoms with Crippen molar-refractivity contribution in [3.05, 3.63) is 40.4 Å². The highest BCUT2D eigenvalue weighted by Gasteiger charge is 2.09. The van der Waals surface area contributed by atoms with E-state index in [1.54, 1.807) is 6.92 Å². The molecule has 0 aliphatic carbocycles. The van der Waals surface area contributed by atoms with Crippen molar-refractivity contribution in [1.29, 1.82) is 0 Å². The largest absolute Gasteiger partial charge is 0.507 e. The third-order valence-electron chi connectivity index (χ3n) is 2.29. The van der Waals surface area contributed by atoms with Gasteiger partial charge in [0, 0.05) is 12.0 Å². The van der Waals surface area contributed by atoms with Crippen molar-refractivity contribution in [2.24, 2.45) is 0 Å². The average molecular weight is 343 g/mol. The van der Waals surface area contributed by atoms with Crippen molar-refractivity contribution in [2.45, 2.75) is 13.3 Å². The number of carbonyl (C=O) groups is 2. The van der Waals surface area contributed by atoms with Gasteiger partial charge in [0.05, 0.1) is 23.2 Å². The van der Waals surface area contributed by atoms with Crippen LogP contribution in [0.5, 0.6) is 5.75 Å². The van der Waals surface area contributed by atoms with Gasteiger partial charge in [-0.1, -0.05) is 6.58 Å². The first-order chi connectivity index (χ1) is 9.41. The second-order valence-electron chi connectivity index (χ2n) is 4.07. The van der Waals surface area contributed by atoms with E-state index in [9.17, 15) is 14.7 Å². The minimum absolute atomic E-state index is 0.0493. The van der Waals surface area contributed by atoms with Crippen LogP contribution in [-0.4, -0.2) is 30.3 Å². The van der Waals surface area contributed by atoms with Gasteiger partial charge in [0.1, 0.15) is 5.75 Å². The SMILES string of the molecule is C=C(C)C(=O)OCCCOC(=O)c1ccc(O)c(Br)c1. The van der Waals surface area contributed by atoms with E-state index < -0.39 is 11.9 Å². The number of phenolic OH excluding ortho intramolecular Hbond substituents is 1. The number of esters is 2. The number of rotatable bonds is 6. The van der Waals surface area contributed by atoms with E-state index in [1.165, 1.54) is 18.2 Å². The lowest BCUT2D eigenvalue weighted by atomic mass is 10.2. The van der Waals surface area contributed by atoms with E-state index in [0.29, 0.717) is 22.0 Å². The van der Waals surface area contributed by atoms with Gasteiger partial charge in [-0.05, 0) is 41.1 Å². The fourth-order valence-corrected chi connectivity index (χ4v) is 1.61. The molecular weight excluding hydrogens is 328 g/mol. The second kappa shape index (κ2) is 7.69. The van der Waals surface area contributed by atoms with Crippen LogP contribution in [0.3, 0.4) is 0 Å². The maximum atomic E-state index is 11.7. The molecule has 5 nitrogen and oxygen atoms in total. The zero-order chi connectivity index (χ0) is 15.1. The number of benzene rings is 1. The van der Waals surface area contributed by atoms with Gasteiger partial charge in [0.25, 0.3) is 0 Å². The van der Waals surface area contributed by atoms with Crippen LogP contribution < -0.4 is 0 Å². The zero-order valence-corrected chi connectivity index (χ0v) is 12.6. The van der Waals surface area contributed by atoms with Crippen LogP contribution >= 0.6 is 15.9 Å². The maximum absolute atomic E-state index is 11.7. The molecule has 0 saturated heterocycles. The van der Waals surface area contributed by atoms with Crippen molar-refractivity contribution >= 4 is 27.9 Å². The first kappa shape index (κ1) is 16.2. The van der Waals surface area contributed by atoms with Crippen LogP contribution in [-0.2, 0) is 14.3 Å². The van der Waals surface area contributed by atoms with E-state index in [-0.39, 0.29) is 19.0 Å². The molecular formula is C14H15BrO5. The van der Waals surface area contributed by atoms with Crippen LogP contribution in [0, 0.1) is 0 Å². The first-order valence-corrected chi connectivity index (χ1v) is 6.69. The van der Waals surface area contributed by atoms with Gasteiger partial charge in [0.15, 0.2) is 0 Å². The van der Waals surface area contributed by atoms with Crippen molar-refractivity contribution in [1.82, 2.24) is 0 Å². The molecule has 1 rings (SSSR count). The van der Waals surface area contributed by atoms with Crippen molar-refractivity contribution in [3.63, 3.8) is 0 Å². The predicted octanol–water partition coefficient (Wildman–Crippen LogP) is 2.82. The summed E-state index contributed by atoms with van der Waals surface area (Å²) in [5.74, 6) is -0.913. The minimum Gasteiger partial charge on any atom is -0.507 e. The average Bonchev–Trinajstić information content (AvgIpc) is 2.40. The summed E-state index contributed by atoms with van der Waals surface area (Å²) in [4.78, 5) is 22.7. The lowest BCUT2D eigenvalue weighted by molar-refractivity contribution is -0.139. The number of hydrogen-bond acceptors (Lipinski definition) is 5. The molecule has 1 aromatic rings. The van der Waals surface area contributed by atoms with Gasteiger partial charge >= 0.3 is 11.9 Å². The summed E-state index contributed by atoms with van der Waals surface area (Å²) in [5.41, 5.74) is 0.657. The Morgan fingerprint density at radius 1 is 1.30 bits per heavy atom. The highest BCUT2D eigenvalue weighted by molar-refractivity contribution is 9.10. The Morgan fingerprint density at radius 2 is 1.95 bits per heavy atom. The van der Waals surface area contributed by atoms with Crippen LogP contribution in [0.1, 0.15) is 23.7 Å². The Kier molecular flexibility index (Phi) is 6.24. The van der Waals surface area contributed by atoms with Crippen LogP contribution in [0.25, 0.3) is 0 Å². The van der Waals surface area contributed by atoms with E-state index in [4.69, 9.17) is 9.47 Å². The number of carbonyl (C=O) groups excluding carboxylic acids is 2. The van der Waals surface area contributed by atoms with E-state index in [0.717, 1.165) is 0 Å². The zero-order valence-electron chi connectivity index (χ0n) is 11.0. The van der Waals surface area contributed by atoms with Gasteiger partial charge < -0.3 is 14.6 Å². The molecule has 0 aromatic heterocycles. The number of ether oxygens (including phenoxy) is 2. The predicted molar refractivity (Wildman–Crippen MR) is 76.5 cm³/mol. The fourth-order valence-electron chi connectivity index (χ4n) is 1.23. The molecule has 108 valence electrons. The molecule has 20 heavy (non-hydrogen) atoms. The van der Waals surface area contributed by atoms with Crippen LogP contribution in [0.2, 0.25) is 0 Å². The van der Waals surface area contributed by atoms with Gasteiger partial charge in [0.2, 0.25) is 0 Å². The van der Waals surface area contributed by atoms with Gasteiger partial charge in [-0.15, -0.1) is 0 Å². The maximum Gasteiger partial charge on any atom is 0.338 e. The lowest BCUT2D eigenvalue weighted by Gasteiger charge is -2.06. The van der Waals surface area contributed by atoms with E-state index in [1.807, 2.05) is 0 Å². The summed E-state index contributed by atoms with van der Waals surface area (Å²) in [5, 5.41) is 9.31. The van der Waals surface area contributed by atoms with Gasteiger partial charge in [-0.25, -0.2) is 9.59 Å². The van der Waals surface area contributed by atoms with Crippen LogP contribution in [0.4, 0.5) is 0 Å². The molecule has 0 amide bonds. The van der Waals surface area contributed by atoms with Crippen molar-refractivity contribution < 1.29 is 24.2 Å². The third-order valence-corrected chi connectivity index (χ3v) is 2.92. The van der Waals surface area contributed by atoms with Gasteiger partial charge in [-0.2, -0.15) is 0 Å². The highest BCUT2D eigenvalue weighted by Crippen LogP contribution is 2.24. The van der Waals surface area contributed by atoms with Crippen LogP contribution in [0.15, 0.2) is 34.8 Å². The van der Waals surface area contributed by atoms with E-state index >= 15 is 0 Å². The molecule has 0 bridgehead atoms. The van der Waals surface area contributed by atoms with Crippen molar-refractivity contribution in [2.75, 3.05) is 13.2 Å². The molecule has 0 unspecified atom stereocenters. The number of halogens is 1. The number of aromatic hydroxyl groups is 1. The Balaban J connectivity index is 2.31. The monoisotopic (exact) mass is 342 g/mol. The Morgan fingerprint density at radius 3 is 2.55 bits per heavy atom. The molecule has 0 aliphatic heterocycles. The Labute approximate surface area is 125 Å². The topological polar surface area (TPSA) is 72.8 Å². The lowest BCUT2D eigenvalue weighted by Crippen LogP contribution is -2.11. The summed E-state index contributed by atoms with van der Waals surface area (Å²) in [6, 6.07) is 4.33.